The fourth-order valence-corrected chi connectivity index (χ4v) is 2.23. The van der Waals surface area contributed by atoms with Gasteiger partial charge in [0.15, 0.2) is 0 Å². The third-order valence-corrected chi connectivity index (χ3v) is 3.35. The van der Waals surface area contributed by atoms with Crippen molar-refractivity contribution in [1.82, 2.24) is 10.2 Å². The summed E-state index contributed by atoms with van der Waals surface area (Å²) in [7, 11) is 0. The van der Waals surface area contributed by atoms with Gasteiger partial charge in [0.2, 0.25) is 0 Å². The standard InChI is InChI=1S/C11H22N2/c1-2-11(9-12-10-5-6-10)13-7-3-4-8-13/h10-12H,2-9H2,1H3. The van der Waals surface area contributed by atoms with Gasteiger partial charge in [0, 0.05) is 18.6 Å². The molecule has 1 unspecified atom stereocenters. The molecule has 1 atom stereocenters. The van der Waals surface area contributed by atoms with Crippen LogP contribution in [0.25, 0.3) is 0 Å². The zero-order valence-electron chi connectivity index (χ0n) is 8.76. The number of rotatable bonds is 5. The quantitative estimate of drug-likeness (QED) is 0.695. The molecule has 0 spiro atoms. The monoisotopic (exact) mass is 182 g/mol. The topological polar surface area (TPSA) is 15.3 Å². The molecule has 2 aliphatic rings. The third-order valence-electron chi connectivity index (χ3n) is 3.35. The minimum absolute atomic E-state index is 0.808. The van der Waals surface area contributed by atoms with Gasteiger partial charge in [0.25, 0.3) is 0 Å². The highest BCUT2D eigenvalue weighted by molar-refractivity contribution is 4.84. The molecule has 2 rings (SSSR count). The van der Waals surface area contributed by atoms with Crippen LogP contribution in [0.15, 0.2) is 0 Å². The molecule has 2 nitrogen and oxygen atoms in total. The highest BCUT2D eigenvalue weighted by Gasteiger charge is 2.24. The van der Waals surface area contributed by atoms with Crippen LogP contribution in [0.1, 0.15) is 39.0 Å². The van der Waals surface area contributed by atoms with Crippen LogP contribution in [0.3, 0.4) is 0 Å². The SMILES string of the molecule is CCC(CNC1CC1)N1CCCC1. The summed E-state index contributed by atoms with van der Waals surface area (Å²) in [5.74, 6) is 0. The van der Waals surface area contributed by atoms with Crippen molar-refractivity contribution in [2.24, 2.45) is 0 Å². The second-order valence-electron chi connectivity index (χ2n) is 4.49. The average Bonchev–Trinajstić information content (AvgIpc) is 2.81. The predicted octanol–water partition coefficient (Wildman–Crippen LogP) is 1.61. The molecule has 2 heteroatoms. The van der Waals surface area contributed by atoms with E-state index in [1.807, 2.05) is 0 Å². The van der Waals surface area contributed by atoms with Crippen LogP contribution >= 0.6 is 0 Å². The first-order chi connectivity index (χ1) is 6.40. The second kappa shape index (κ2) is 4.43. The molecule has 1 heterocycles. The molecular formula is C11H22N2. The van der Waals surface area contributed by atoms with E-state index in [0.29, 0.717) is 0 Å². The fraction of sp³-hybridized carbons (Fsp3) is 1.00. The van der Waals surface area contributed by atoms with Gasteiger partial charge >= 0.3 is 0 Å². The van der Waals surface area contributed by atoms with Crippen molar-refractivity contribution >= 4 is 0 Å². The van der Waals surface area contributed by atoms with Crippen molar-refractivity contribution in [3.8, 4) is 0 Å². The van der Waals surface area contributed by atoms with Gasteiger partial charge in [-0.15, -0.1) is 0 Å². The smallest absolute Gasteiger partial charge is 0.0218 e. The molecule has 1 saturated carbocycles. The summed E-state index contributed by atoms with van der Waals surface area (Å²) in [5.41, 5.74) is 0. The third kappa shape index (κ3) is 2.68. The Morgan fingerprint density at radius 3 is 2.54 bits per heavy atom. The number of hydrogen-bond donors (Lipinski definition) is 1. The molecule has 1 aliphatic carbocycles. The Labute approximate surface area is 81.7 Å². The van der Waals surface area contributed by atoms with E-state index in [4.69, 9.17) is 0 Å². The first kappa shape index (κ1) is 9.47. The Hall–Kier alpha value is -0.0800. The maximum absolute atomic E-state index is 3.64. The Morgan fingerprint density at radius 1 is 1.31 bits per heavy atom. The van der Waals surface area contributed by atoms with Crippen molar-refractivity contribution in [2.75, 3.05) is 19.6 Å². The molecule has 0 bridgehead atoms. The van der Waals surface area contributed by atoms with Crippen molar-refractivity contribution in [1.29, 1.82) is 0 Å². The lowest BCUT2D eigenvalue weighted by atomic mass is 10.2. The number of hydrogen-bond acceptors (Lipinski definition) is 2. The normalized spacial score (nSPS) is 26.5. The van der Waals surface area contributed by atoms with E-state index in [0.717, 1.165) is 12.1 Å². The fourth-order valence-electron chi connectivity index (χ4n) is 2.23. The summed E-state index contributed by atoms with van der Waals surface area (Å²) in [5, 5.41) is 3.64. The lowest BCUT2D eigenvalue weighted by Crippen LogP contribution is -2.40. The van der Waals surface area contributed by atoms with Crippen molar-refractivity contribution in [3.63, 3.8) is 0 Å². The molecular weight excluding hydrogens is 160 g/mol. The van der Waals surface area contributed by atoms with Gasteiger partial charge in [-0.25, -0.2) is 0 Å². The number of nitrogens with zero attached hydrogens (tertiary/aromatic N) is 1. The molecule has 0 aromatic carbocycles. The highest BCUT2D eigenvalue weighted by atomic mass is 15.2. The van der Waals surface area contributed by atoms with E-state index >= 15 is 0 Å². The zero-order valence-corrected chi connectivity index (χ0v) is 8.76. The summed E-state index contributed by atoms with van der Waals surface area (Å²) >= 11 is 0. The van der Waals surface area contributed by atoms with E-state index in [2.05, 4.69) is 17.1 Å². The van der Waals surface area contributed by atoms with Gasteiger partial charge in [0.05, 0.1) is 0 Å². The molecule has 1 N–H and O–H groups in total. The number of likely N-dealkylation sites (tertiary alicyclic amines) is 1. The van der Waals surface area contributed by atoms with Gasteiger partial charge in [-0.05, 0) is 45.2 Å². The van der Waals surface area contributed by atoms with Gasteiger partial charge < -0.3 is 5.32 Å². The summed E-state index contributed by atoms with van der Waals surface area (Å²) < 4.78 is 0. The van der Waals surface area contributed by atoms with E-state index in [9.17, 15) is 0 Å². The summed E-state index contributed by atoms with van der Waals surface area (Å²) in [6.45, 7) is 6.22. The summed E-state index contributed by atoms with van der Waals surface area (Å²) in [6.07, 6.45) is 6.96. The van der Waals surface area contributed by atoms with Gasteiger partial charge in [-0.1, -0.05) is 6.92 Å². The van der Waals surface area contributed by atoms with Crippen LogP contribution in [0.4, 0.5) is 0 Å². The van der Waals surface area contributed by atoms with Crippen LogP contribution in [0.2, 0.25) is 0 Å². The Bertz CT molecular complexity index is 148. The first-order valence-corrected chi connectivity index (χ1v) is 5.87. The molecule has 13 heavy (non-hydrogen) atoms. The Kier molecular flexibility index (Phi) is 3.23. The minimum atomic E-state index is 0.808. The zero-order chi connectivity index (χ0) is 9.10. The van der Waals surface area contributed by atoms with Crippen LogP contribution in [0.5, 0.6) is 0 Å². The second-order valence-corrected chi connectivity index (χ2v) is 4.49. The van der Waals surface area contributed by atoms with Crippen LogP contribution < -0.4 is 5.32 Å². The Balaban J connectivity index is 1.70. The molecule has 76 valence electrons. The molecule has 1 aliphatic heterocycles. The maximum atomic E-state index is 3.64. The molecule has 0 aromatic heterocycles. The number of nitrogens with one attached hydrogen (secondary N) is 1. The van der Waals surface area contributed by atoms with Gasteiger partial charge in [0.1, 0.15) is 0 Å². The van der Waals surface area contributed by atoms with E-state index < -0.39 is 0 Å². The molecule has 1 saturated heterocycles. The predicted molar refractivity (Wildman–Crippen MR) is 55.9 cm³/mol. The molecule has 0 amide bonds. The van der Waals surface area contributed by atoms with Crippen molar-refractivity contribution < 1.29 is 0 Å². The Morgan fingerprint density at radius 2 is 2.00 bits per heavy atom. The van der Waals surface area contributed by atoms with E-state index in [1.165, 1.54) is 51.7 Å². The lowest BCUT2D eigenvalue weighted by molar-refractivity contribution is 0.229. The van der Waals surface area contributed by atoms with Crippen molar-refractivity contribution in [2.45, 2.75) is 51.1 Å². The summed E-state index contributed by atoms with van der Waals surface area (Å²) in [4.78, 5) is 2.66. The van der Waals surface area contributed by atoms with E-state index in [1.54, 1.807) is 0 Å². The van der Waals surface area contributed by atoms with E-state index in [-0.39, 0.29) is 0 Å². The largest absolute Gasteiger partial charge is 0.312 e. The lowest BCUT2D eigenvalue weighted by Gasteiger charge is -2.26. The highest BCUT2D eigenvalue weighted by Crippen LogP contribution is 2.20. The minimum Gasteiger partial charge on any atom is -0.312 e. The van der Waals surface area contributed by atoms with Gasteiger partial charge in [-0.2, -0.15) is 0 Å². The van der Waals surface area contributed by atoms with Crippen LogP contribution in [0, 0.1) is 0 Å². The van der Waals surface area contributed by atoms with Crippen molar-refractivity contribution in [3.05, 3.63) is 0 Å². The summed E-state index contributed by atoms with van der Waals surface area (Å²) in [6, 6.07) is 1.68. The maximum Gasteiger partial charge on any atom is 0.0218 e. The molecule has 0 radical (unpaired) electrons. The van der Waals surface area contributed by atoms with Crippen LogP contribution in [-0.4, -0.2) is 36.6 Å². The first-order valence-electron chi connectivity index (χ1n) is 5.87. The van der Waals surface area contributed by atoms with Crippen LogP contribution in [-0.2, 0) is 0 Å². The molecule has 0 aromatic rings. The average molecular weight is 182 g/mol. The van der Waals surface area contributed by atoms with Gasteiger partial charge in [-0.3, -0.25) is 4.90 Å². The molecule has 2 fully saturated rings.